The third-order valence-corrected chi connectivity index (χ3v) is 7.71. The molecule has 0 aromatic heterocycles. The molecule has 0 N–H and O–H groups in total. The van der Waals surface area contributed by atoms with Crippen LogP contribution in [0.25, 0.3) is 0 Å². The smallest absolute Gasteiger partial charge is 0.252 e. The molecule has 0 aliphatic heterocycles. The lowest BCUT2D eigenvalue weighted by atomic mass is 9.88. The van der Waals surface area contributed by atoms with Crippen LogP contribution in [0.4, 0.5) is 17.1 Å². The van der Waals surface area contributed by atoms with E-state index in [9.17, 15) is 14.4 Å². The first-order valence-electron chi connectivity index (χ1n) is 15.7. The average Bonchev–Trinajstić information content (AvgIpc) is 3.07. The highest BCUT2D eigenvalue weighted by Gasteiger charge is 2.32. The van der Waals surface area contributed by atoms with Crippen molar-refractivity contribution in [3.8, 4) is 0 Å². The normalized spacial score (nSPS) is 11.2. The Morgan fingerprint density at radius 1 is 0.489 bits per heavy atom. The van der Waals surface area contributed by atoms with Crippen molar-refractivity contribution >= 4 is 34.8 Å². The van der Waals surface area contributed by atoms with Gasteiger partial charge in [-0.3, -0.25) is 14.4 Å². The van der Waals surface area contributed by atoms with E-state index in [0.717, 1.165) is 17.1 Å². The Balaban J connectivity index is 1.66. The first kappa shape index (κ1) is 35.4. The van der Waals surface area contributed by atoms with Crippen molar-refractivity contribution < 1.29 is 28.6 Å². The number of likely N-dealkylation sites (N-methyl/N-ethyl adjacent to an activating group) is 3. The first-order chi connectivity index (χ1) is 21.9. The predicted octanol–water partition coefficient (Wildman–Crippen LogP) is 5.59. The molecule has 0 heterocycles. The largest absolute Gasteiger partial charge is 0.371 e. The van der Waals surface area contributed by atoms with Crippen LogP contribution in [0.5, 0.6) is 0 Å². The van der Waals surface area contributed by atoms with Gasteiger partial charge in [-0.1, -0.05) is 61.5 Å². The molecule has 3 aromatic carbocycles. The van der Waals surface area contributed by atoms with Gasteiger partial charge in [0.25, 0.3) is 17.7 Å². The van der Waals surface area contributed by atoms with E-state index < -0.39 is 5.41 Å². The van der Waals surface area contributed by atoms with Gasteiger partial charge in [0.1, 0.15) is 19.8 Å². The van der Waals surface area contributed by atoms with Crippen molar-refractivity contribution in [3.05, 3.63) is 91.0 Å². The zero-order valence-electron chi connectivity index (χ0n) is 27.0. The van der Waals surface area contributed by atoms with E-state index in [2.05, 4.69) is 0 Å². The molecule has 3 amide bonds. The van der Waals surface area contributed by atoms with Crippen molar-refractivity contribution in [1.29, 1.82) is 0 Å². The van der Waals surface area contributed by atoms with Crippen molar-refractivity contribution in [1.82, 2.24) is 0 Å². The van der Waals surface area contributed by atoms with Crippen molar-refractivity contribution in [2.24, 2.45) is 5.41 Å². The summed E-state index contributed by atoms with van der Waals surface area (Å²) in [6.07, 6.45) is 0.575. The van der Waals surface area contributed by atoms with E-state index >= 15 is 0 Å². The highest BCUT2D eigenvalue weighted by Crippen LogP contribution is 2.25. The fraction of sp³-hybridized carbons (Fsp3) is 0.417. The van der Waals surface area contributed by atoms with Gasteiger partial charge in [0.05, 0.1) is 19.8 Å². The highest BCUT2D eigenvalue weighted by molar-refractivity contribution is 5.95. The van der Waals surface area contributed by atoms with Crippen molar-refractivity contribution in [2.45, 2.75) is 34.1 Å². The number of anilines is 3. The van der Waals surface area contributed by atoms with E-state index in [1.54, 1.807) is 14.7 Å². The predicted molar refractivity (Wildman–Crippen MR) is 179 cm³/mol. The van der Waals surface area contributed by atoms with Crippen LogP contribution in [-0.2, 0) is 28.6 Å². The minimum absolute atomic E-state index is 0.127. The number of benzene rings is 3. The lowest BCUT2D eigenvalue weighted by molar-refractivity contribution is -0.132. The molecule has 0 atom stereocenters. The first-order valence-corrected chi connectivity index (χ1v) is 15.7. The Labute approximate surface area is 267 Å². The number of ether oxygens (including phenoxy) is 3. The summed E-state index contributed by atoms with van der Waals surface area (Å²) in [4.78, 5) is 44.2. The number of hydrogen-bond acceptors (Lipinski definition) is 6. The molecular weight excluding hydrogens is 570 g/mol. The third-order valence-electron chi connectivity index (χ3n) is 7.71. The summed E-state index contributed by atoms with van der Waals surface area (Å²) in [5.41, 5.74) is 1.71. The van der Waals surface area contributed by atoms with Crippen LogP contribution in [0.15, 0.2) is 91.0 Å². The average molecular weight is 618 g/mol. The molecule has 0 bridgehead atoms. The standard InChI is InChI=1S/C36H47N3O6/c1-5-36(27-43-24-33(40)37(6-2)30-18-12-9-13-19-30,28-44-25-34(41)38(7-3)31-20-14-10-15-21-31)29-45-26-35(42)39(8-4)32-22-16-11-17-23-32/h9-23H,5-8,24-29H2,1-4H3. The van der Waals surface area contributed by atoms with Gasteiger partial charge in [-0.15, -0.1) is 0 Å². The molecule has 0 saturated carbocycles. The van der Waals surface area contributed by atoms with Crippen molar-refractivity contribution in [3.63, 3.8) is 0 Å². The van der Waals surface area contributed by atoms with Crippen LogP contribution in [0.1, 0.15) is 34.1 Å². The summed E-state index contributed by atoms with van der Waals surface area (Å²) < 4.78 is 18.0. The van der Waals surface area contributed by atoms with Gasteiger partial charge < -0.3 is 28.9 Å². The van der Waals surface area contributed by atoms with E-state index in [1.165, 1.54) is 0 Å². The number of para-hydroxylation sites is 3. The summed E-state index contributed by atoms with van der Waals surface area (Å²) in [7, 11) is 0. The molecule has 45 heavy (non-hydrogen) atoms. The van der Waals surface area contributed by atoms with Gasteiger partial charge in [0, 0.05) is 42.1 Å². The molecule has 0 aliphatic rings. The number of carbonyl (C=O) groups excluding carboxylic acids is 3. The SMILES string of the molecule is CCN(C(=O)COCC(CC)(COCC(=O)N(CC)c1ccccc1)COCC(=O)N(CC)c1ccccc1)c1ccccc1. The summed E-state index contributed by atoms with van der Waals surface area (Å²) in [6.45, 7) is 9.32. The number of amides is 3. The lowest BCUT2D eigenvalue weighted by Gasteiger charge is -2.33. The van der Waals surface area contributed by atoms with Gasteiger partial charge in [-0.25, -0.2) is 0 Å². The summed E-state index contributed by atoms with van der Waals surface area (Å²) in [5.74, 6) is -0.489. The molecule has 9 nitrogen and oxygen atoms in total. The van der Waals surface area contributed by atoms with Crippen LogP contribution in [0.2, 0.25) is 0 Å². The van der Waals surface area contributed by atoms with E-state index in [1.807, 2.05) is 119 Å². The summed E-state index contributed by atoms with van der Waals surface area (Å²) in [5, 5.41) is 0. The molecule has 0 unspecified atom stereocenters. The van der Waals surface area contributed by atoms with Crippen LogP contribution in [0.3, 0.4) is 0 Å². The zero-order chi connectivity index (χ0) is 32.5. The maximum atomic E-state index is 13.1. The molecular formula is C36H47N3O6. The Bertz CT molecular complexity index is 1150. The summed E-state index contributed by atoms with van der Waals surface area (Å²) >= 11 is 0. The van der Waals surface area contributed by atoms with Crippen LogP contribution in [0, 0.1) is 5.41 Å². The second-order valence-corrected chi connectivity index (χ2v) is 10.8. The van der Waals surface area contributed by atoms with E-state index in [4.69, 9.17) is 14.2 Å². The second kappa shape index (κ2) is 18.7. The van der Waals surface area contributed by atoms with Crippen LogP contribution in [-0.4, -0.2) is 77.0 Å². The van der Waals surface area contributed by atoms with E-state index in [0.29, 0.717) is 26.1 Å². The van der Waals surface area contributed by atoms with Crippen LogP contribution < -0.4 is 14.7 Å². The van der Waals surface area contributed by atoms with Crippen molar-refractivity contribution in [2.75, 3.05) is 74.0 Å². The third kappa shape index (κ3) is 10.5. The Kier molecular flexibility index (Phi) is 14.7. The molecule has 242 valence electrons. The maximum absolute atomic E-state index is 13.1. The van der Waals surface area contributed by atoms with Gasteiger partial charge in [0.2, 0.25) is 0 Å². The second-order valence-electron chi connectivity index (χ2n) is 10.8. The number of rotatable bonds is 19. The van der Waals surface area contributed by atoms with E-state index in [-0.39, 0.29) is 57.4 Å². The molecule has 3 rings (SSSR count). The number of hydrogen-bond donors (Lipinski definition) is 0. The van der Waals surface area contributed by atoms with Gasteiger partial charge in [-0.2, -0.15) is 0 Å². The van der Waals surface area contributed by atoms with Gasteiger partial charge >= 0.3 is 0 Å². The molecule has 0 spiro atoms. The molecule has 0 aliphatic carbocycles. The number of nitrogens with zero attached hydrogens (tertiary/aromatic N) is 3. The van der Waals surface area contributed by atoms with Gasteiger partial charge in [0.15, 0.2) is 0 Å². The zero-order valence-corrected chi connectivity index (χ0v) is 27.0. The Morgan fingerprint density at radius 3 is 0.978 bits per heavy atom. The fourth-order valence-electron chi connectivity index (χ4n) is 5.06. The van der Waals surface area contributed by atoms with Gasteiger partial charge in [-0.05, 0) is 63.6 Å². The molecule has 0 radical (unpaired) electrons. The minimum atomic E-state index is -0.696. The quantitative estimate of drug-likeness (QED) is 0.174. The molecule has 9 heteroatoms. The van der Waals surface area contributed by atoms with Crippen LogP contribution >= 0.6 is 0 Å². The summed E-state index contributed by atoms with van der Waals surface area (Å²) in [6, 6.07) is 28.4. The monoisotopic (exact) mass is 617 g/mol. The molecule has 0 fully saturated rings. The highest BCUT2D eigenvalue weighted by atomic mass is 16.5. The molecule has 0 saturated heterocycles. The maximum Gasteiger partial charge on any atom is 0.252 e. The number of carbonyl (C=O) groups is 3. The fourth-order valence-corrected chi connectivity index (χ4v) is 5.06. The molecule has 3 aromatic rings. The Hall–Kier alpha value is -4.05. The Morgan fingerprint density at radius 2 is 0.756 bits per heavy atom. The topological polar surface area (TPSA) is 88.6 Å². The lowest BCUT2D eigenvalue weighted by Crippen LogP contribution is -2.42. The minimum Gasteiger partial charge on any atom is -0.371 e.